The molecule has 4 saturated carbocycles. The molecule has 98 valence electrons. The topological polar surface area (TPSA) is 69.9 Å². The highest BCUT2D eigenvalue weighted by atomic mass is 15.3. The van der Waals surface area contributed by atoms with Gasteiger partial charge in [0.25, 0.3) is 0 Å². The molecule has 4 aliphatic rings. The fourth-order valence-corrected chi connectivity index (χ4v) is 5.10. The molecule has 0 atom stereocenters. The van der Waals surface area contributed by atoms with Gasteiger partial charge in [0.2, 0.25) is 0 Å². The van der Waals surface area contributed by atoms with Crippen LogP contribution in [0.5, 0.6) is 0 Å². The lowest BCUT2D eigenvalue weighted by molar-refractivity contribution is -0.0328. The number of hydrogen-bond acceptors (Lipinski definition) is 3. The monoisotopic (exact) mass is 246 g/mol. The highest BCUT2D eigenvalue weighted by Gasteiger charge is 2.49. The summed E-state index contributed by atoms with van der Waals surface area (Å²) in [7, 11) is 0. The Morgan fingerprint density at radius 3 is 2.00 bits per heavy atom. The predicted octanol–water partition coefficient (Wildman–Crippen LogP) is 2.35. The van der Waals surface area contributed by atoms with E-state index in [9.17, 15) is 0 Å². The molecule has 0 saturated heterocycles. The van der Waals surface area contributed by atoms with Gasteiger partial charge < -0.3 is 11.5 Å². The minimum Gasteiger partial charge on any atom is -0.394 e. The zero-order valence-electron chi connectivity index (χ0n) is 11.0. The van der Waals surface area contributed by atoms with E-state index in [-0.39, 0.29) is 0 Å². The van der Waals surface area contributed by atoms with Gasteiger partial charge in [-0.05, 0) is 62.7 Å². The fraction of sp³-hybridized carbons (Fsp3) is 0.786. The zero-order chi connectivity index (χ0) is 12.4. The first kappa shape index (κ1) is 10.7. The van der Waals surface area contributed by atoms with E-state index < -0.39 is 0 Å². The average Bonchev–Trinajstić information content (AvgIpc) is 2.56. The summed E-state index contributed by atoms with van der Waals surface area (Å²) in [6, 6.07) is 0.522. The van der Waals surface area contributed by atoms with Gasteiger partial charge in [0.1, 0.15) is 5.82 Å². The van der Waals surface area contributed by atoms with E-state index in [0.717, 1.165) is 29.4 Å². The number of nitrogens with zero attached hydrogens (tertiary/aromatic N) is 2. The molecule has 4 heteroatoms. The summed E-state index contributed by atoms with van der Waals surface area (Å²) >= 11 is 0. The van der Waals surface area contributed by atoms with E-state index >= 15 is 0 Å². The smallest absolute Gasteiger partial charge is 0.145 e. The Balaban J connectivity index is 1.74. The first-order valence-corrected chi connectivity index (χ1v) is 7.23. The summed E-state index contributed by atoms with van der Waals surface area (Å²) in [5.74, 6) is 4.26. The van der Waals surface area contributed by atoms with Crippen LogP contribution in [0, 0.1) is 30.6 Å². The molecule has 4 aliphatic carbocycles. The second kappa shape index (κ2) is 3.43. The number of aryl methyl sites for hydroxylation is 1. The van der Waals surface area contributed by atoms with Crippen molar-refractivity contribution < 1.29 is 0 Å². The molecule has 5 rings (SSSR count). The Bertz CT molecular complexity index is 462. The Morgan fingerprint density at radius 2 is 1.56 bits per heavy atom. The fourth-order valence-electron chi connectivity index (χ4n) is 5.10. The summed E-state index contributed by atoms with van der Waals surface area (Å²) < 4.78 is 2.07. The lowest BCUT2D eigenvalue weighted by Crippen LogP contribution is -2.46. The van der Waals surface area contributed by atoms with Gasteiger partial charge in [-0.2, -0.15) is 5.10 Å². The molecule has 4 nitrogen and oxygen atoms in total. The van der Waals surface area contributed by atoms with Crippen LogP contribution in [0.2, 0.25) is 0 Å². The van der Waals surface area contributed by atoms with Gasteiger partial charge in [-0.1, -0.05) is 0 Å². The molecule has 1 aromatic heterocycles. The van der Waals surface area contributed by atoms with Crippen molar-refractivity contribution in [2.75, 3.05) is 11.5 Å². The molecule has 18 heavy (non-hydrogen) atoms. The van der Waals surface area contributed by atoms with Gasteiger partial charge in [-0.25, -0.2) is 4.68 Å². The summed E-state index contributed by atoms with van der Waals surface area (Å²) in [6.07, 6.45) is 7.02. The van der Waals surface area contributed by atoms with Gasteiger partial charge in [0.05, 0.1) is 17.4 Å². The average molecular weight is 246 g/mol. The lowest BCUT2D eigenvalue weighted by atomic mass is 9.54. The van der Waals surface area contributed by atoms with Gasteiger partial charge in [0.15, 0.2) is 0 Å². The molecule has 0 spiro atoms. The first-order valence-electron chi connectivity index (χ1n) is 7.23. The van der Waals surface area contributed by atoms with E-state index in [1.807, 2.05) is 6.92 Å². The van der Waals surface area contributed by atoms with E-state index in [0.29, 0.717) is 17.5 Å². The van der Waals surface area contributed by atoms with Crippen LogP contribution in [0.25, 0.3) is 0 Å². The van der Waals surface area contributed by atoms with Crippen molar-refractivity contribution in [3.05, 3.63) is 5.69 Å². The van der Waals surface area contributed by atoms with Crippen LogP contribution >= 0.6 is 0 Å². The third-order valence-electron chi connectivity index (χ3n) is 5.63. The summed E-state index contributed by atoms with van der Waals surface area (Å²) in [4.78, 5) is 0. The first-order chi connectivity index (χ1) is 8.63. The van der Waals surface area contributed by atoms with Crippen molar-refractivity contribution in [2.24, 2.45) is 23.7 Å². The number of nitrogen functional groups attached to an aromatic ring is 2. The number of nitrogens with two attached hydrogens (primary N) is 2. The highest BCUT2D eigenvalue weighted by molar-refractivity contribution is 5.62. The zero-order valence-corrected chi connectivity index (χ0v) is 11.0. The van der Waals surface area contributed by atoms with Crippen molar-refractivity contribution >= 4 is 11.5 Å². The molecule has 4 fully saturated rings. The maximum absolute atomic E-state index is 6.16. The van der Waals surface area contributed by atoms with Gasteiger partial charge >= 0.3 is 0 Å². The molecule has 1 heterocycles. The third-order valence-corrected chi connectivity index (χ3v) is 5.63. The van der Waals surface area contributed by atoms with Crippen LogP contribution in [-0.4, -0.2) is 9.78 Å². The predicted molar refractivity (Wildman–Crippen MR) is 71.9 cm³/mol. The van der Waals surface area contributed by atoms with Crippen LogP contribution in [0.4, 0.5) is 11.5 Å². The van der Waals surface area contributed by atoms with E-state index in [1.165, 1.54) is 32.1 Å². The van der Waals surface area contributed by atoms with Crippen molar-refractivity contribution in [1.29, 1.82) is 0 Å². The third kappa shape index (κ3) is 1.29. The summed E-state index contributed by atoms with van der Waals surface area (Å²) in [5, 5.41) is 4.62. The largest absolute Gasteiger partial charge is 0.394 e. The van der Waals surface area contributed by atoms with Crippen LogP contribution in [0.3, 0.4) is 0 Å². The SMILES string of the molecule is Cc1nn(C2C3CC4CC(C3)CC2C4)c(N)c1N. The van der Waals surface area contributed by atoms with Crippen LogP contribution < -0.4 is 11.5 Å². The number of rotatable bonds is 1. The molecule has 0 aliphatic heterocycles. The maximum atomic E-state index is 6.16. The number of aromatic nitrogens is 2. The Morgan fingerprint density at radius 1 is 1.00 bits per heavy atom. The molecule has 0 unspecified atom stereocenters. The second-order valence-electron chi connectivity index (χ2n) is 6.75. The number of anilines is 2. The second-order valence-corrected chi connectivity index (χ2v) is 6.75. The van der Waals surface area contributed by atoms with E-state index in [1.54, 1.807) is 0 Å². The molecule has 0 radical (unpaired) electrons. The minimum absolute atomic E-state index is 0.522. The van der Waals surface area contributed by atoms with Crippen LogP contribution in [0.1, 0.15) is 43.8 Å². The molecule has 4 N–H and O–H groups in total. The van der Waals surface area contributed by atoms with Gasteiger partial charge in [-0.3, -0.25) is 0 Å². The van der Waals surface area contributed by atoms with Crippen LogP contribution in [-0.2, 0) is 0 Å². The Hall–Kier alpha value is -1.19. The molecular formula is C14H22N4. The normalized spacial score (nSPS) is 41.5. The molecular weight excluding hydrogens is 224 g/mol. The van der Waals surface area contributed by atoms with E-state index in [2.05, 4.69) is 9.78 Å². The minimum atomic E-state index is 0.522. The van der Waals surface area contributed by atoms with E-state index in [4.69, 9.17) is 11.5 Å². The quantitative estimate of drug-likeness (QED) is 0.799. The highest BCUT2D eigenvalue weighted by Crippen LogP contribution is 2.58. The van der Waals surface area contributed by atoms with Crippen molar-refractivity contribution in [2.45, 2.75) is 45.1 Å². The standard InChI is InChI=1S/C14H22N4/c1-7-12(15)14(16)18(17-7)13-10-3-8-2-9(5-10)6-11(13)4-8/h8-11,13H,2-6,15-16H2,1H3. The molecule has 0 aromatic carbocycles. The summed E-state index contributed by atoms with van der Waals surface area (Å²) in [5.41, 5.74) is 13.7. The summed E-state index contributed by atoms with van der Waals surface area (Å²) in [6.45, 7) is 1.96. The van der Waals surface area contributed by atoms with Crippen molar-refractivity contribution in [3.63, 3.8) is 0 Å². The maximum Gasteiger partial charge on any atom is 0.145 e. The van der Waals surface area contributed by atoms with Gasteiger partial charge in [0, 0.05) is 0 Å². The molecule has 1 aromatic rings. The van der Waals surface area contributed by atoms with Crippen molar-refractivity contribution in [3.8, 4) is 0 Å². The Labute approximate surface area is 108 Å². The number of hydrogen-bond donors (Lipinski definition) is 2. The Kier molecular flexibility index (Phi) is 2.04. The lowest BCUT2D eigenvalue weighted by Gasteiger charge is -2.54. The molecule has 0 amide bonds. The van der Waals surface area contributed by atoms with Crippen LogP contribution in [0.15, 0.2) is 0 Å². The molecule has 4 bridgehead atoms. The van der Waals surface area contributed by atoms with Crippen molar-refractivity contribution in [1.82, 2.24) is 9.78 Å². The van der Waals surface area contributed by atoms with Gasteiger partial charge in [-0.15, -0.1) is 0 Å².